The summed E-state index contributed by atoms with van der Waals surface area (Å²) in [5.41, 5.74) is -0.926. The van der Waals surface area contributed by atoms with Crippen molar-refractivity contribution in [1.29, 1.82) is 0 Å². The smallest absolute Gasteiger partial charge is 0.346 e. The lowest BCUT2D eigenvalue weighted by Crippen LogP contribution is -2.61. The monoisotopic (exact) mass is 599 g/mol. The maximum atomic E-state index is 14.1. The third kappa shape index (κ3) is 8.03. The molecule has 13 heteroatoms. The number of nitrogens with zero attached hydrogens (tertiary/aromatic N) is 1. The summed E-state index contributed by atoms with van der Waals surface area (Å²) >= 11 is 0. The average Bonchev–Trinajstić information content (AvgIpc) is 3.21. The van der Waals surface area contributed by atoms with Crippen LogP contribution in [0.15, 0.2) is 12.7 Å². The van der Waals surface area contributed by atoms with Crippen LogP contribution in [0.4, 0.5) is 18.0 Å². The molecule has 0 bridgehead atoms. The summed E-state index contributed by atoms with van der Waals surface area (Å²) in [7, 11) is 0. The standard InChI is InChI=1S/C29H44F3N5O5/c1-7-13-33-24(40)22(38)18(14-29(30,31)32)34-23(39)21-19-17(28(19,5)6)15-37(21)25(41)20(16-11-9-8-10-12-16)35-26(42)36-27(2,3)4/h7,16-21H,1,8-15H2,2-6H3,(H,33,40)(H,34,39)(H2,35,36,42)/t17?,18?,19-,20-,21-/m0/s1. The molecule has 3 aliphatic rings. The third-order valence-corrected chi connectivity index (χ3v) is 8.62. The second-order valence-corrected chi connectivity index (χ2v) is 13.4. The van der Waals surface area contributed by atoms with E-state index in [0.717, 1.165) is 19.3 Å². The van der Waals surface area contributed by atoms with Crippen molar-refractivity contribution in [3.63, 3.8) is 0 Å². The second kappa shape index (κ2) is 12.6. The van der Waals surface area contributed by atoms with Gasteiger partial charge in [-0.25, -0.2) is 4.79 Å². The highest BCUT2D eigenvalue weighted by molar-refractivity contribution is 6.38. The van der Waals surface area contributed by atoms with Gasteiger partial charge >= 0.3 is 12.2 Å². The van der Waals surface area contributed by atoms with Gasteiger partial charge in [0.05, 0.1) is 6.42 Å². The van der Waals surface area contributed by atoms with Gasteiger partial charge in [-0.2, -0.15) is 13.2 Å². The molecule has 1 aliphatic heterocycles. The van der Waals surface area contributed by atoms with Gasteiger partial charge in [-0.3, -0.25) is 19.2 Å². The highest BCUT2D eigenvalue weighted by atomic mass is 19.4. The molecule has 0 aromatic carbocycles. The van der Waals surface area contributed by atoms with Crippen LogP contribution in [0, 0.1) is 23.2 Å². The second-order valence-electron chi connectivity index (χ2n) is 13.4. The number of fused-ring (bicyclic) bond motifs is 1. The molecule has 5 atom stereocenters. The minimum absolute atomic E-state index is 0.0831. The van der Waals surface area contributed by atoms with Crippen LogP contribution in [-0.4, -0.2) is 77.4 Å². The predicted molar refractivity (Wildman–Crippen MR) is 149 cm³/mol. The van der Waals surface area contributed by atoms with Crippen LogP contribution in [0.2, 0.25) is 0 Å². The van der Waals surface area contributed by atoms with Crippen LogP contribution >= 0.6 is 0 Å². The fraction of sp³-hybridized carbons (Fsp3) is 0.759. The zero-order chi connectivity index (χ0) is 31.6. The highest BCUT2D eigenvalue weighted by Crippen LogP contribution is 2.65. The number of rotatable bonds is 10. The van der Waals surface area contributed by atoms with E-state index in [2.05, 4.69) is 27.8 Å². The Kier molecular flexibility index (Phi) is 10.0. The molecule has 42 heavy (non-hydrogen) atoms. The minimum atomic E-state index is -4.85. The van der Waals surface area contributed by atoms with Gasteiger partial charge in [0.25, 0.3) is 5.91 Å². The fourth-order valence-corrected chi connectivity index (χ4v) is 6.47. The fourth-order valence-electron chi connectivity index (χ4n) is 6.47. The van der Waals surface area contributed by atoms with E-state index in [4.69, 9.17) is 0 Å². The number of carbonyl (C=O) groups excluding carboxylic acids is 5. The Morgan fingerprint density at radius 3 is 2.19 bits per heavy atom. The first-order valence-electron chi connectivity index (χ1n) is 14.6. The van der Waals surface area contributed by atoms with Crippen LogP contribution in [0.1, 0.15) is 73.1 Å². The molecule has 3 rings (SSSR count). The topological polar surface area (TPSA) is 137 Å². The molecular formula is C29H44F3N5O5. The summed E-state index contributed by atoms with van der Waals surface area (Å²) in [6.45, 7) is 12.7. The van der Waals surface area contributed by atoms with E-state index in [1.54, 1.807) is 20.8 Å². The quantitative estimate of drug-likeness (QED) is 0.226. The lowest BCUT2D eigenvalue weighted by Gasteiger charge is -2.37. The largest absolute Gasteiger partial charge is 0.391 e. The van der Waals surface area contributed by atoms with Crippen molar-refractivity contribution in [3.05, 3.63) is 12.7 Å². The third-order valence-electron chi connectivity index (χ3n) is 8.62. The van der Waals surface area contributed by atoms with E-state index in [1.165, 1.54) is 11.0 Å². The Labute approximate surface area is 245 Å². The molecule has 0 radical (unpaired) electrons. The van der Waals surface area contributed by atoms with Crippen LogP contribution in [0.5, 0.6) is 0 Å². The Bertz CT molecular complexity index is 1080. The lowest BCUT2D eigenvalue weighted by molar-refractivity contribution is -0.155. The molecule has 1 heterocycles. The van der Waals surface area contributed by atoms with Crippen molar-refractivity contribution in [2.45, 2.75) is 103 Å². The van der Waals surface area contributed by atoms with Crippen molar-refractivity contribution >= 4 is 29.5 Å². The molecule has 1 saturated heterocycles. The number of amides is 5. The van der Waals surface area contributed by atoms with E-state index < -0.39 is 65.8 Å². The van der Waals surface area contributed by atoms with E-state index in [9.17, 15) is 37.1 Å². The molecule has 2 saturated carbocycles. The Morgan fingerprint density at radius 2 is 1.64 bits per heavy atom. The lowest BCUT2D eigenvalue weighted by atomic mass is 9.83. The number of hydrogen-bond donors (Lipinski definition) is 4. The number of urea groups is 1. The SMILES string of the molecule is C=CCNC(=O)C(=O)C(CC(F)(F)F)NC(=O)[C@@H]1[C@@H]2C(CN1C(=O)[C@@H](NC(=O)NC(C)(C)C)C1CCCCC1)C2(C)C. The highest BCUT2D eigenvalue weighted by Gasteiger charge is 2.70. The Hall–Kier alpha value is -3.12. The van der Waals surface area contributed by atoms with Crippen LogP contribution in [-0.2, 0) is 19.2 Å². The maximum absolute atomic E-state index is 14.1. The average molecular weight is 600 g/mol. The summed E-state index contributed by atoms with van der Waals surface area (Å²) < 4.78 is 40.2. The molecule has 2 unspecified atom stereocenters. The number of halogens is 3. The summed E-state index contributed by atoms with van der Waals surface area (Å²) in [5.74, 6) is -4.73. The number of hydrogen-bond acceptors (Lipinski definition) is 5. The predicted octanol–water partition coefficient (Wildman–Crippen LogP) is 2.82. The zero-order valence-electron chi connectivity index (χ0n) is 25.0. The van der Waals surface area contributed by atoms with E-state index in [1.807, 2.05) is 13.8 Å². The van der Waals surface area contributed by atoms with Crippen molar-refractivity contribution in [3.8, 4) is 0 Å². The van der Waals surface area contributed by atoms with Gasteiger partial charge in [0, 0.05) is 18.6 Å². The molecule has 2 aliphatic carbocycles. The molecule has 0 spiro atoms. The maximum Gasteiger partial charge on any atom is 0.391 e. The first-order chi connectivity index (χ1) is 19.4. The van der Waals surface area contributed by atoms with Gasteiger partial charge < -0.3 is 26.2 Å². The summed E-state index contributed by atoms with van der Waals surface area (Å²) in [4.78, 5) is 66.8. The number of nitrogens with one attached hydrogen (secondary N) is 4. The Balaban J connectivity index is 1.88. The van der Waals surface area contributed by atoms with Gasteiger partial charge in [-0.15, -0.1) is 6.58 Å². The molecule has 0 aromatic heterocycles. The van der Waals surface area contributed by atoms with E-state index in [0.29, 0.717) is 12.8 Å². The van der Waals surface area contributed by atoms with Gasteiger partial charge in [0.2, 0.25) is 17.6 Å². The van der Waals surface area contributed by atoms with Gasteiger partial charge in [0.1, 0.15) is 18.1 Å². The van der Waals surface area contributed by atoms with E-state index in [-0.39, 0.29) is 36.3 Å². The molecule has 0 aromatic rings. The Morgan fingerprint density at radius 1 is 1.02 bits per heavy atom. The minimum Gasteiger partial charge on any atom is -0.346 e. The van der Waals surface area contributed by atoms with Crippen LogP contribution in [0.25, 0.3) is 0 Å². The molecule has 5 amide bonds. The number of alkyl halides is 3. The number of likely N-dealkylation sites (tertiary alicyclic amines) is 1. The van der Waals surface area contributed by atoms with E-state index >= 15 is 0 Å². The number of carbonyl (C=O) groups is 5. The molecule has 10 nitrogen and oxygen atoms in total. The van der Waals surface area contributed by atoms with Gasteiger partial charge in [-0.1, -0.05) is 39.2 Å². The van der Waals surface area contributed by atoms with Crippen molar-refractivity contribution in [2.75, 3.05) is 13.1 Å². The van der Waals surface area contributed by atoms with Crippen molar-refractivity contribution < 1.29 is 37.1 Å². The first-order valence-corrected chi connectivity index (χ1v) is 14.6. The normalized spacial score (nSPS) is 25.0. The number of Topliss-reactive ketones (excluding diaryl/α,β-unsaturated/α-hetero) is 1. The number of piperidine rings is 1. The summed E-state index contributed by atoms with van der Waals surface area (Å²) in [6.07, 6.45) is -1.14. The van der Waals surface area contributed by atoms with Crippen molar-refractivity contribution in [1.82, 2.24) is 26.2 Å². The summed E-state index contributed by atoms with van der Waals surface area (Å²) in [5, 5.41) is 9.92. The van der Waals surface area contributed by atoms with Gasteiger partial charge in [-0.05, 0) is 56.8 Å². The molecule has 236 valence electrons. The number of ketones is 1. The van der Waals surface area contributed by atoms with Crippen molar-refractivity contribution in [2.24, 2.45) is 23.2 Å². The first kappa shape index (κ1) is 33.4. The molecular weight excluding hydrogens is 555 g/mol. The van der Waals surface area contributed by atoms with Crippen LogP contribution in [0.3, 0.4) is 0 Å². The molecule has 4 N–H and O–H groups in total. The van der Waals surface area contributed by atoms with Gasteiger partial charge in [0.15, 0.2) is 0 Å². The van der Waals surface area contributed by atoms with Crippen LogP contribution < -0.4 is 21.3 Å². The molecule has 3 fully saturated rings. The zero-order valence-corrected chi connectivity index (χ0v) is 25.0. The summed E-state index contributed by atoms with van der Waals surface area (Å²) in [6, 6.07) is -4.78.